The minimum Gasteiger partial charge on any atom is -0.493 e. The van der Waals surface area contributed by atoms with E-state index in [2.05, 4.69) is 20.6 Å². The van der Waals surface area contributed by atoms with Gasteiger partial charge in [0, 0.05) is 35.0 Å². The van der Waals surface area contributed by atoms with Crippen LogP contribution in [-0.4, -0.2) is 39.9 Å². The van der Waals surface area contributed by atoms with E-state index in [1.807, 2.05) is 0 Å². The predicted molar refractivity (Wildman–Crippen MR) is 130 cm³/mol. The van der Waals surface area contributed by atoms with Crippen molar-refractivity contribution in [3.63, 3.8) is 0 Å². The zero-order valence-corrected chi connectivity index (χ0v) is 18.9. The molecule has 4 aromatic rings. The van der Waals surface area contributed by atoms with Gasteiger partial charge < -0.3 is 20.1 Å². The quantitative estimate of drug-likeness (QED) is 0.265. The van der Waals surface area contributed by atoms with Gasteiger partial charge in [-0.1, -0.05) is 0 Å². The number of benzene rings is 3. The first-order chi connectivity index (χ1) is 17.3. The summed E-state index contributed by atoms with van der Waals surface area (Å²) in [5.41, 5.74) is 0.336. The Bertz CT molecular complexity index is 1460. The molecule has 1 aromatic heterocycles. The van der Waals surface area contributed by atoms with Crippen molar-refractivity contribution >= 4 is 45.4 Å². The lowest BCUT2D eigenvalue weighted by Crippen LogP contribution is -2.12. The molecule has 0 bridgehead atoms. The van der Waals surface area contributed by atoms with Gasteiger partial charge in [-0.15, -0.1) is 0 Å². The highest BCUT2D eigenvalue weighted by Gasteiger charge is 2.20. The number of non-ortho nitro benzene ring substituents is 2. The van der Waals surface area contributed by atoms with Crippen LogP contribution in [0.5, 0.6) is 11.5 Å². The number of nitro benzene ring substituents is 2. The van der Waals surface area contributed by atoms with Crippen LogP contribution in [-0.2, 0) is 0 Å². The van der Waals surface area contributed by atoms with E-state index in [-0.39, 0.29) is 5.56 Å². The smallest absolute Gasteiger partial charge is 0.277 e. The number of hydrogen-bond donors (Lipinski definition) is 2. The lowest BCUT2D eigenvalue weighted by atomic mass is 10.1. The van der Waals surface area contributed by atoms with Crippen LogP contribution >= 0.6 is 0 Å². The van der Waals surface area contributed by atoms with Gasteiger partial charge >= 0.3 is 0 Å². The van der Waals surface area contributed by atoms with Crippen molar-refractivity contribution in [3.8, 4) is 11.5 Å². The largest absolute Gasteiger partial charge is 0.493 e. The Labute approximate surface area is 203 Å². The summed E-state index contributed by atoms with van der Waals surface area (Å²) >= 11 is 0. The van der Waals surface area contributed by atoms with Gasteiger partial charge in [0.15, 0.2) is 11.5 Å². The zero-order valence-electron chi connectivity index (χ0n) is 18.9. The van der Waals surface area contributed by atoms with Gasteiger partial charge in [0.25, 0.3) is 17.3 Å². The minimum absolute atomic E-state index is 0.213. The lowest BCUT2D eigenvalue weighted by Gasteiger charge is -2.12. The van der Waals surface area contributed by atoms with Crippen LogP contribution in [0.25, 0.3) is 10.9 Å². The Morgan fingerprint density at radius 2 is 1.42 bits per heavy atom. The molecule has 1 heterocycles. The molecule has 0 aliphatic heterocycles. The van der Waals surface area contributed by atoms with Gasteiger partial charge in [-0.05, 0) is 30.3 Å². The lowest BCUT2D eigenvalue weighted by molar-refractivity contribution is -0.394. The standard InChI is InChI=1S/C23H18N6O7/c1-35-20-10-18-19(11-21(20)36-2)24-12-25-22(18)26-14-3-5-15(6-4-14)27-23(30)13-7-16(28(31)32)9-17(8-13)29(33)34/h3-12H,1-2H3,(H,27,30)(H,24,25,26). The Morgan fingerprint density at radius 3 is 2.00 bits per heavy atom. The van der Waals surface area contributed by atoms with Crippen molar-refractivity contribution in [2.45, 2.75) is 0 Å². The van der Waals surface area contributed by atoms with Crippen LogP contribution in [0, 0.1) is 20.2 Å². The number of methoxy groups -OCH3 is 2. The monoisotopic (exact) mass is 490 g/mol. The third-order valence-electron chi connectivity index (χ3n) is 5.13. The van der Waals surface area contributed by atoms with Crippen molar-refractivity contribution in [2.75, 3.05) is 24.9 Å². The summed E-state index contributed by atoms with van der Waals surface area (Å²) < 4.78 is 10.7. The van der Waals surface area contributed by atoms with Gasteiger partial charge in [0.05, 0.1) is 41.2 Å². The first-order valence-electron chi connectivity index (χ1n) is 10.3. The second-order valence-electron chi connectivity index (χ2n) is 7.36. The van der Waals surface area contributed by atoms with Gasteiger partial charge in [-0.25, -0.2) is 9.97 Å². The molecule has 3 aromatic carbocycles. The van der Waals surface area contributed by atoms with E-state index >= 15 is 0 Å². The molecule has 4 rings (SSSR count). The van der Waals surface area contributed by atoms with Crippen LogP contribution < -0.4 is 20.1 Å². The first kappa shape index (κ1) is 23.8. The SMILES string of the molecule is COc1cc2ncnc(Nc3ccc(NC(=O)c4cc([N+](=O)[O-])cc([N+](=O)[O-])c4)cc3)c2cc1OC. The van der Waals surface area contributed by atoms with Crippen molar-refractivity contribution in [2.24, 2.45) is 0 Å². The maximum atomic E-state index is 12.6. The molecule has 0 aliphatic rings. The van der Waals surface area contributed by atoms with Crippen molar-refractivity contribution in [1.29, 1.82) is 0 Å². The molecule has 0 fully saturated rings. The fourth-order valence-electron chi connectivity index (χ4n) is 3.40. The van der Waals surface area contributed by atoms with Crippen LogP contribution in [0.4, 0.5) is 28.6 Å². The summed E-state index contributed by atoms with van der Waals surface area (Å²) in [6, 6.07) is 12.8. The topological polar surface area (TPSA) is 172 Å². The van der Waals surface area contributed by atoms with Gasteiger partial charge in [0.1, 0.15) is 12.1 Å². The van der Waals surface area contributed by atoms with Crippen molar-refractivity contribution in [3.05, 3.63) is 86.7 Å². The number of aromatic nitrogens is 2. The molecule has 2 N–H and O–H groups in total. The van der Waals surface area contributed by atoms with Crippen LogP contribution in [0.1, 0.15) is 10.4 Å². The molecule has 0 saturated heterocycles. The third-order valence-corrected chi connectivity index (χ3v) is 5.13. The fourth-order valence-corrected chi connectivity index (χ4v) is 3.40. The van der Waals surface area contributed by atoms with Crippen LogP contribution in [0.15, 0.2) is 60.9 Å². The fraction of sp³-hybridized carbons (Fsp3) is 0.0870. The second-order valence-corrected chi connectivity index (χ2v) is 7.36. The highest BCUT2D eigenvalue weighted by molar-refractivity contribution is 6.05. The summed E-state index contributed by atoms with van der Waals surface area (Å²) in [7, 11) is 3.06. The summed E-state index contributed by atoms with van der Waals surface area (Å²) in [5.74, 6) is 0.832. The maximum absolute atomic E-state index is 12.6. The van der Waals surface area contributed by atoms with E-state index in [0.29, 0.717) is 39.6 Å². The van der Waals surface area contributed by atoms with Gasteiger partial charge in [0.2, 0.25) is 0 Å². The number of ether oxygens (including phenoxy) is 2. The molecule has 0 atom stereocenters. The Kier molecular flexibility index (Phi) is 6.54. The number of hydrogen-bond acceptors (Lipinski definition) is 10. The molecule has 0 aliphatic carbocycles. The van der Waals surface area contributed by atoms with Crippen LogP contribution in [0.3, 0.4) is 0 Å². The number of carbonyl (C=O) groups is 1. The zero-order chi connectivity index (χ0) is 25.8. The molecule has 0 spiro atoms. The van der Waals surface area contributed by atoms with E-state index in [9.17, 15) is 25.0 Å². The van der Waals surface area contributed by atoms with Gasteiger partial charge in [-0.3, -0.25) is 25.0 Å². The molecule has 0 radical (unpaired) electrons. The van der Waals surface area contributed by atoms with E-state index in [4.69, 9.17) is 9.47 Å². The average molecular weight is 490 g/mol. The molecule has 36 heavy (non-hydrogen) atoms. The summed E-state index contributed by atoms with van der Waals surface area (Å²) in [5, 5.41) is 28.6. The highest BCUT2D eigenvalue weighted by atomic mass is 16.6. The highest BCUT2D eigenvalue weighted by Crippen LogP contribution is 2.34. The summed E-state index contributed by atoms with van der Waals surface area (Å²) in [6.07, 6.45) is 1.41. The molecular formula is C23H18N6O7. The summed E-state index contributed by atoms with van der Waals surface area (Å²) in [4.78, 5) is 41.7. The molecule has 0 saturated carbocycles. The number of nitrogens with one attached hydrogen (secondary N) is 2. The molecule has 0 unspecified atom stereocenters. The maximum Gasteiger partial charge on any atom is 0.277 e. The number of nitro groups is 2. The number of nitrogens with zero attached hydrogens (tertiary/aromatic N) is 4. The second kappa shape index (κ2) is 9.89. The molecule has 13 nitrogen and oxygen atoms in total. The van der Waals surface area contributed by atoms with Gasteiger partial charge in [-0.2, -0.15) is 0 Å². The number of rotatable bonds is 8. The number of anilines is 3. The predicted octanol–water partition coefficient (Wildman–Crippen LogP) is 4.46. The van der Waals surface area contributed by atoms with E-state index in [1.165, 1.54) is 20.5 Å². The number of carbonyl (C=O) groups excluding carboxylic acids is 1. The average Bonchev–Trinajstić information content (AvgIpc) is 2.88. The Balaban J connectivity index is 1.54. The minimum atomic E-state index is -0.799. The van der Waals surface area contributed by atoms with E-state index in [0.717, 1.165) is 18.2 Å². The molecule has 1 amide bonds. The van der Waals surface area contributed by atoms with Crippen LogP contribution in [0.2, 0.25) is 0 Å². The molecular weight excluding hydrogens is 472 g/mol. The summed E-state index contributed by atoms with van der Waals surface area (Å²) in [6.45, 7) is 0. The van der Waals surface area contributed by atoms with Crippen molar-refractivity contribution in [1.82, 2.24) is 9.97 Å². The molecule has 13 heteroatoms. The first-order valence-corrected chi connectivity index (χ1v) is 10.3. The number of fused-ring (bicyclic) bond motifs is 1. The normalized spacial score (nSPS) is 10.5. The third kappa shape index (κ3) is 4.94. The number of amides is 1. The Morgan fingerprint density at radius 1 is 0.833 bits per heavy atom. The molecule has 182 valence electrons. The Hall–Kier alpha value is -5.33. The van der Waals surface area contributed by atoms with E-state index in [1.54, 1.807) is 36.4 Å². The van der Waals surface area contributed by atoms with E-state index < -0.39 is 27.1 Å². The van der Waals surface area contributed by atoms with Crippen molar-refractivity contribution < 1.29 is 24.1 Å².